The molecule has 3 amide bonds. The molecule has 3 aromatic rings. The van der Waals surface area contributed by atoms with Crippen LogP contribution in [0.1, 0.15) is 31.3 Å². The lowest BCUT2D eigenvalue weighted by Crippen LogP contribution is -2.41. The molecule has 0 unspecified atom stereocenters. The molecule has 0 atom stereocenters. The minimum absolute atomic E-state index is 0.0622. The first kappa shape index (κ1) is 18.4. The van der Waals surface area contributed by atoms with Crippen molar-refractivity contribution >= 4 is 39.3 Å². The van der Waals surface area contributed by atoms with Crippen LogP contribution in [0.3, 0.4) is 0 Å². The van der Waals surface area contributed by atoms with E-state index in [-0.39, 0.29) is 17.2 Å². The molecule has 1 aromatic heterocycles. The molecule has 2 aromatic carbocycles. The van der Waals surface area contributed by atoms with Crippen LogP contribution in [-0.2, 0) is 0 Å². The van der Waals surface area contributed by atoms with Crippen molar-refractivity contribution in [2.24, 2.45) is 0 Å². The molecule has 0 aliphatic heterocycles. The number of nitrogens with one attached hydrogen (secondary N) is 3. The Morgan fingerprint density at radius 1 is 0.778 bits per heavy atom. The Labute approximate surface area is 162 Å². The second-order valence-corrected chi connectivity index (χ2v) is 6.31. The molecule has 0 bridgehead atoms. The molecular formula is C19H14BrN3O4. The zero-order valence-electron chi connectivity index (χ0n) is 13.9. The maximum Gasteiger partial charge on any atom is 0.305 e. The number of amides is 3. The van der Waals surface area contributed by atoms with Crippen molar-refractivity contribution < 1.29 is 18.8 Å². The summed E-state index contributed by atoms with van der Waals surface area (Å²) in [6, 6.07) is 16.3. The lowest BCUT2D eigenvalue weighted by molar-refractivity contribution is 0.0831. The fourth-order valence-electron chi connectivity index (χ4n) is 2.24. The summed E-state index contributed by atoms with van der Waals surface area (Å²) in [5.74, 6) is -1.47. The van der Waals surface area contributed by atoms with Crippen LogP contribution in [0.2, 0.25) is 0 Å². The highest BCUT2D eigenvalue weighted by atomic mass is 79.9. The van der Waals surface area contributed by atoms with E-state index in [9.17, 15) is 14.4 Å². The zero-order valence-corrected chi connectivity index (χ0v) is 15.4. The van der Waals surface area contributed by atoms with Crippen LogP contribution in [0.15, 0.2) is 75.8 Å². The summed E-state index contributed by atoms with van der Waals surface area (Å²) >= 11 is 3.31. The van der Waals surface area contributed by atoms with Crippen LogP contribution in [0.5, 0.6) is 0 Å². The summed E-state index contributed by atoms with van der Waals surface area (Å²) in [6.07, 6.45) is 1.35. The van der Waals surface area contributed by atoms with Gasteiger partial charge in [-0.25, -0.2) is 0 Å². The second kappa shape index (κ2) is 8.33. The highest BCUT2D eigenvalue weighted by Crippen LogP contribution is 2.17. The van der Waals surface area contributed by atoms with Gasteiger partial charge in [-0.1, -0.05) is 28.1 Å². The van der Waals surface area contributed by atoms with Gasteiger partial charge in [0.05, 0.1) is 17.5 Å². The standard InChI is InChI=1S/C19H14BrN3O4/c20-13-9-7-12(8-10-13)17(24)21-15-5-2-1-4-14(15)18(25)22-23-19(26)16-6-3-11-27-16/h1-11H,(H,21,24)(H,22,25)(H,23,26). The van der Waals surface area contributed by atoms with E-state index < -0.39 is 11.8 Å². The van der Waals surface area contributed by atoms with Crippen LogP contribution in [0, 0.1) is 0 Å². The largest absolute Gasteiger partial charge is 0.459 e. The first-order valence-corrected chi connectivity index (χ1v) is 8.64. The van der Waals surface area contributed by atoms with Gasteiger partial charge in [0.25, 0.3) is 11.8 Å². The predicted octanol–water partition coefficient (Wildman–Crippen LogP) is 3.37. The monoisotopic (exact) mass is 427 g/mol. The smallest absolute Gasteiger partial charge is 0.305 e. The molecule has 0 fully saturated rings. The average molecular weight is 428 g/mol. The van der Waals surface area contributed by atoms with Gasteiger partial charge in [-0.2, -0.15) is 0 Å². The molecule has 8 heteroatoms. The Morgan fingerprint density at radius 2 is 1.48 bits per heavy atom. The van der Waals surface area contributed by atoms with E-state index in [1.54, 1.807) is 48.5 Å². The molecule has 0 radical (unpaired) electrons. The van der Waals surface area contributed by atoms with Crippen molar-refractivity contribution in [3.05, 3.63) is 88.3 Å². The third kappa shape index (κ3) is 4.62. The van der Waals surface area contributed by atoms with Crippen molar-refractivity contribution in [1.82, 2.24) is 10.9 Å². The number of carbonyl (C=O) groups is 3. The molecular weight excluding hydrogens is 414 g/mol. The Bertz CT molecular complexity index is 969. The number of hydrazine groups is 1. The number of halogens is 1. The number of hydrogen-bond donors (Lipinski definition) is 3. The van der Waals surface area contributed by atoms with Gasteiger partial charge in [0.1, 0.15) is 0 Å². The average Bonchev–Trinajstić information content (AvgIpc) is 3.21. The van der Waals surface area contributed by atoms with E-state index in [1.165, 1.54) is 18.4 Å². The van der Waals surface area contributed by atoms with E-state index in [0.29, 0.717) is 11.3 Å². The fourth-order valence-corrected chi connectivity index (χ4v) is 2.50. The number of benzene rings is 2. The van der Waals surface area contributed by atoms with Gasteiger partial charge in [-0.15, -0.1) is 0 Å². The molecule has 27 heavy (non-hydrogen) atoms. The quantitative estimate of drug-likeness (QED) is 0.555. The predicted molar refractivity (Wildman–Crippen MR) is 102 cm³/mol. The molecule has 136 valence electrons. The van der Waals surface area contributed by atoms with Crippen molar-refractivity contribution in [1.29, 1.82) is 0 Å². The highest BCUT2D eigenvalue weighted by molar-refractivity contribution is 9.10. The number of furan rings is 1. The number of rotatable bonds is 4. The van der Waals surface area contributed by atoms with Crippen molar-refractivity contribution in [2.75, 3.05) is 5.32 Å². The lowest BCUT2D eigenvalue weighted by Gasteiger charge is -2.12. The second-order valence-electron chi connectivity index (χ2n) is 5.39. The SMILES string of the molecule is O=C(Nc1ccccc1C(=O)NNC(=O)c1ccco1)c1ccc(Br)cc1. The highest BCUT2D eigenvalue weighted by Gasteiger charge is 2.15. The molecule has 0 aliphatic carbocycles. The van der Waals surface area contributed by atoms with Gasteiger partial charge in [0, 0.05) is 10.0 Å². The van der Waals surface area contributed by atoms with Gasteiger partial charge in [0.2, 0.25) is 0 Å². The lowest BCUT2D eigenvalue weighted by atomic mass is 10.1. The first-order valence-electron chi connectivity index (χ1n) is 7.85. The molecule has 0 aliphatic rings. The van der Waals surface area contributed by atoms with E-state index in [0.717, 1.165) is 4.47 Å². The van der Waals surface area contributed by atoms with E-state index in [2.05, 4.69) is 32.1 Å². The third-order valence-corrected chi connectivity index (χ3v) is 4.09. The van der Waals surface area contributed by atoms with Gasteiger partial charge >= 0.3 is 5.91 Å². The molecule has 0 saturated carbocycles. The molecule has 3 N–H and O–H groups in total. The Balaban J connectivity index is 1.69. The Hall–Kier alpha value is -3.39. The van der Waals surface area contributed by atoms with Crippen LogP contribution in [0.4, 0.5) is 5.69 Å². The van der Waals surface area contributed by atoms with Crippen molar-refractivity contribution in [3.8, 4) is 0 Å². The third-order valence-electron chi connectivity index (χ3n) is 3.56. The Kier molecular flexibility index (Phi) is 5.68. The van der Waals surface area contributed by atoms with Crippen molar-refractivity contribution in [3.63, 3.8) is 0 Å². The van der Waals surface area contributed by atoms with Gasteiger partial charge < -0.3 is 9.73 Å². The van der Waals surface area contributed by atoms with E-state index >= 15 is 0 Å². The summed E-state index contributed by atoms with van der Waals surface area (Å²) in [7, 11) is 0. The van der Waals surface area contributed by atoms with E-state index in [4.69, 9.17) is 4.42 Å². The summed E-state index contributed by atoms with van der Waals surface area (Å²) < 4.78 is 5.80. The van der Waals surface area contributed by atoms with Crippen LogP contribution in [0.25, 0.3) is 0 Å². The minimum atomic E-state index is -0.593. The molecule has 3 rings (SSSR count). The van der Waals surface area contributed by atoms with Gasteiger partial charge in [-0.05, 0) is 48.5 Å². The number of para-hydroxylation sites is 1. The number of carbonyl (C=O) groups excluding carboxylic acids is 3. The molecule has 0 spiro atoms. The molecule has 7 nitrogen and oxygen atoms in total. The van der Waals surface area contributed by atoms with Gasteiger partial charge in [0.15, 0.2) is 5.76 Å². The summed E-state index contributed by atoms with van der Waals surface area (Å²) in [5.41, 5.74) is 5.50. The molecule has 0 saturated heterocycles. The normalized spacial score (nSPS) is 10.1. The van der Waals surface area contributed by atoms with Crippen LogP contribution in [-0.4, -0.2) is 17.7 Å². The zero-order chi connectivity index (χ0) is 19.2. The maximum atomic E-state index is 12.4. The minimum Gasteiger partial charge on any atom is -0.459 e. The number of hydrogen-bond acceptors (Lipinski definition) is 4. The van der Waals surface area contributed by atoms with Crippen molar-refractivity contribution in [2.45, 2.75) is 0 Å². The van der Waals surface area contributed by atoms with Crippen LogP contribution >= 0.6 is 15.9 Å². The topological polar surface area (TPSA) is 100 Å². The Morgan fingerprint density at radius 3 is 2.19 bits per heavy atom. The summed E-state index contributed by atoms with van der Waals surface area (Å²) in [5, 5.41) is 2.70. The number of anilines is 1. The summed E-state index contributed by atoms with van der Waals surface area (Å²) in [6.45, 7) is 0. The first-order chi connectivity index (χ1) is 13.0. The molecule has 1 heterocycles. The van der Waals surface area contributed by atoms with E-state index in [1.807, 2.05) is 0 Å². The van der Waals surface area contributed by atoms with Crippen LogP contribution < -0.4 is 16.2 Å². The fraction of sp³-hybridized carbons (Fsp3) is 0. The summed E-state index contributed by atoms with van der Waals surface area (Å²) in [4.78, 5) is 36.6. The van der Waals surface area contributed by atoms with Gasteiger partial charge in [-0.3, -0.25) is 25.2 Å². The maximum absolute atomic E-state index is 12.4.